The van der Waals surface area contributed by atoms with E-state index in [-0.39, 0.29) is 30.1 Å². The van der Waals surface area contributed by atoms with Crippen molar-refractivity contribution in [1.82, 2.24) is 10.2 Å². The van der Waals surface area contributed by atoms with Gasteiger partial charge >= 0.3 is 0 Å². The maximum absolute atomic E-state index is 12.9. The van der Waals surface area contributed by atoms with Crippen LogP contribution >= 0.6 is 0 Å². The Labute approximate surface area is 174 Å². The lowest BCUT2D eigenvalue weighted by molar-refractivity contribution is -0.136. The minimum atomic E-state index is -0.958. The second kappa shape index (κ2) is 8.16. The summed E-state index contributed by atoms with van der Waals surface area (Å²) in [5, 5.41) is 11.6. The lowest BCUT2D eigenvalue weighted by Gasteiger charge is -2.34. The van der Waals surface area contributed by atoms with E-state index in [1.807, 2.05) is 6.07 Å². The second-order valence-corrected chi connectivity index (χ2v) is 8.05. The van der Waals surface area contributed by atoms with Gasteiger partial charge in [-0.2, -0.15) is 0 Å². The Hall–Kier alpha value is -2.78. The van der Waals surface area contributed by atoms with E-state index in [1.165, 1.54) is 0 Å². The normalized spacial score (nSPS) is 23.6. The fourth-order valence-electron chi connectivity index (χ4n) is 4.21. The highest BCUT2D eigenvalue weighted by Gasteiger charge is 2.44. The highest BCUT2D eigenvalue weighted by molar-refractivity contribution is 6.23. The van der Waals surface area contributed by atoms with E-state index in [2.05, 4.69) is 10.2 Å². The molecule has 2 N–H and O–H groups in total. The molecule has 0 aromatic heterocycles. The van der Waals surface area contributed by atoms with Gasteiger partial charge in [0.05, 0.1) is 29.9 Å². The predicted molar refractivity (Wildman–Crippen MR) is 106 cm³/mol. The van der Waals surface area contributed by atoms with Crippen molar-refractivity contribution in [3.8, 4) is 0 Å². The zero-order chi connectivity index (χ0) is 21.4. The number of aliphatic hydroxyl groups is 1. The van der Waals surface area contributed by atoms with E-state index in [1.54, 1.807) is 19.1 Å². The van der Waals surface area contributed by atoms with Crippen LogP contribution in [0.4, 0.5) is 5.69 Å². The number of amides is 4. The Morgan fingerprint density at radius 3 is 2.47 bits per heavy atom. The molecule has 4 amide bonds. The summed E-state index contributed by atoms with van der Waals surface area (Å²) in [6.07, 6.45) is 1.45. The van der Waals surface area contributed by atoms with Crippen molar-refractivity contribution >= 4 is 29.3 Å². The van der Waals surface area contributed by atoms with Crippen LogP contribution in [0.1, 0.15) is 53.3 Å². The van der Waals surface area contributed by atoms with Gasteiger partial charge in [-0.3, -0.25) is 29.4 Å². The van der Waals surface area contributed by atoms with Gasteiger partial charge in [0.15, 0.2) is 0 Å². The minimum Gasteiger partial charge on any atom is -0.391 e. The van der Waals surface area contributed by atoms with Gasteiger partial charge in [0.25, 0.3) is 11.8 Å². The summed E-state index contributed by atoms with van der Waals surface area (Å²) in [7, 11) is 0. The van der Waals surface area contributed by atoms with Crippen molar-refractivity contribution in [2.75, 3.05) is 24.6 Å². The van der Waals surface area contributed by atoms with Crippen molar-refractivity contribution in [3.63, 3.8) is 0 Å². The summed E-state index contributed by atoms with van der Waals surface area (Å²) in [4.78, 5) is 52.4. The summed E-state index contributed by atoms with van der Waals surface area (Å²) in [6.45, 7) is 3.48. The molecule has 4 rings (SSSR count). The number of benzene rings is 1. The number of anilines is 1. The van der Waals surface area contributed by atoms with Gasteiger partial charge in [-0.15, -0.1) is 0 Å². The standard InChI is InChI=1S/C21H25N3O6/c1-12(25)11-30-14-6-8-23(9-7-14)13-2-3-15-16(10-13)21(29)24(20(15)28)17-4-5-18(26)22-19(17)27/h2-3,10,12,14,17,25H,4-9,11H2,1H3,(H,22,26,27). The van der Waals surface area contributed by atoms with Crippen LogP contribution < -0.4 is 10.2 Å². The third-order valence-corrected chi connectivity index (χ3v) is 5.80. The molecule has 0 saturated carbocycles. The van der Waals surface area contributed by atoms with E-state index < -0.39 is 35.8 Å². The molecule has 0 radical (unpaired) electrons. The number of rotatable bonds is 5. The van der Waals surface area contributed by atoms with E-state index >= 15 is 0 Å². The number of aliphatic hydroxyl groups excluding tert-OH is 1. The number of nitrogens with zero attached hydrogens (tertiary/aromatic N) is 2. The Bertz CT molecular complexity index is 891. The molecule has 0 spiro atoms. The molecule has 1 aromatic rings. The van der Waals surface area contributed by atoms with Gasteiger partial charge in [0, 0.05) is 25.2 Å². The topological polar surface area (TPSA) is 116 Å². The van der Waals surface area contributed by atoms with Crippen molar-refractivity contribution < 1.29 is 29.0 Å². The Morgan fingerprint density at radius 2 is 1.80 bits per heavy atom. The molecule has 2 saturated heterocycles. The lowest BCUT2D eigenvalue weighted by Crippen LogP contribution is -2.54. The number of fused-ring (bicyclic) bond motifs is 1. The van der Waals surface area contributed by atoms with Crippen LogP contribution in [-0.2, 0) is 14.3 Å². The fourth-order valence-corrected chi connectivity index (χ4v) is 4.21. The first-order chi connectivity index (χ1) is 14.3. The molecule has 9 nitrogen and oxygen atoms in total. The first-order valence-corrected chi connectivity index (χ1v) is 10.3. The molecule has 1 aromatic carbocycles. The highest BCUT2D eigenvalue weighted by Crippen LogP contribution is 2.31. The van der Waals surface area contributed by atoms with Gasteiger partial charge in [-0.25, -0.2) is 0 Å². The molecule has 3 aliphatic rings. The van der Waals surface area contributed by atoms with Crippen LogP contribution in [-0.4, -0.2) is 71.6 Å². The summed E-state index contributed by atoms with van der Waals surface area (Å²) in [5.74, 6) is -2.00. The third-order valence-electron chi connectivity index (χ3n) is 5.80. The number of ether oxygens (including phenoxy) is 1. The minimum absolute atomic E-state index is 0.0940. The third kappa shape index (κ3) is 3.82. The van der Waals surface area contributed by atoms with Crippen molar-refractivity contribution in [2.24, 2.45) is 0 Å². The molecule has 2 fully saturated rings. The Kier molecular flexibility index (Phi) is 5.57. The van der Waals surface area contributed by atoms with Gasteiger partial charge in [-0.1, -0.05) is 0 Å². The number of carbonyl (C=O) groups is 4. The maximum Gasteiger partial charge on any atom is 0.262 e. The number of hydrogen-bond acceptors (Lipinski definition) is 7. The number of piperidine rings is 2. The van der Waals surface area contributed by atoms with E-state index in [9.17, 15) is 24.3 Å². The zero-order valence-electron chi connectivity index (χ0n) is 16.8. The first kappa shape index (κ1) is 20.5. The molecular formula is C21H25N3O6. The molecule has 0 bridgehead atoms. The van der Waals surface area contributed by atoms with Crippen molar-refractivity contribution in [3.05, 3.63) is 29.3 Å². The van der Waals surface area contributed by atoms with E-state index in [4.69, 9.17) is 4.74 Å². The molecule has 160 valence electrons. The van der Waals surface area contributed by atoms with Crippen LogP contribution in [0.25, 0.3) is 0 Å². The van der Waals surface area contributed by atoms with E-state index in [0.717, 1.165) is 36.5 Å². The number of hydrogen-bond donors (Lipinski definition) is 2. The van der Waals surface area contributed by atoms with Gasteiger partial charge in [0.1, 0.15) is 6.04 Å². The molecule has 9 heteroatoms. The van der Waals surface area contributed by atoms with Crippen molar-refractivity contribution in [2.45, 2.75) is 50.9 Å². The largest absolute Gasteiger partial charge is 0.391 e. The summed E-state index contributed by atoms with van der Waals surface area (Å²) in [5.41, 5.74) is 1.41. The van der Waals surface area contributed by atoms with Gasteiger partial charge in [0.2, 0.25) is 11.8 Å². The SMILES string of the molecule is CC(O)COC1CCN(c2ccc3c(c2)C(=O)N(C2CCC(=O)NC2=O)C3=O)CC1. The second-order valence-electron chi connectivity index (χ2n) is 8.05. The van der Waals surface area contributed by atoms with Crippen LogP contribution in [0.2, 0.25) is 0 Å². The molecular weight excluding hydrogens is 390 g/mol. The van der Waals surface area contributed by atoms with Crippen molar-refractivity contribution in [1.29, 1.82) is 0 Å². The van der Waals surface area contributed by atoms with Gasteiger partial charge < -0.3 is 14.7 Å². The van der Waals surface area contributed by atoms with Crippen LogP contribution in [0.3, 0.4) is 0 Å². The number of nitrogens with one attached hydrogen (secondary N) is 1. The monoisotopic (exact) mass is 415 g/mol. The quantitative estimate of drug-likeness (QED) is 0.671. The summed E-state index contributed by atoms with van der Waals surface area (Å²) >= 11 is 0. The summed E-state index contributed by atoms with van der Waals surface area (Å²) in [6, 6.07) is 4.19. The first-order valence-electron chi connectivity index (χ1n) is 10.3. The van der Waals surface area contributed by atoms with Gasteiger partial charge in [-0.05, 0) is 44.4 Å². The Morgan fingerprint density at radius 1 is 1.10 bits per heavy atom. The smallest absolute Gasteiger partial charge is 0.262 e. The zero-order valence-corrected chi connectivity index (χ0v) is 16.8. The summed E-state index contributed by atoms with van der Waals surface area (Å²) < 4.78 is 5.69. The van der Waals surface area contributed by atoms with Crippen LogP contribution in [0, 0.1) is 0 Å². The Balaban J connectivity index is 1.46. The molecule has 30 heavy (non-hydrogen) atoms. The maximum atomic E-state index is 12.9. The highest BCUT2D eigenvalue weighted by atomic mass is 16.5. The lowest BCUT2D eigenvalue weighted by atomic mass is 10.0. The van der Waals surface area contributed by atoms with E-state index in [0.29, 0.717) is 6.61 Å². The van der Waals surface area contributed by atoms with Crippen LogP contribution in [0.15, 0.2) is 18.2 Å². The molecule has 3 aliphatic heterocycles. The fraction of sp³-hybridized carbons (Fsp3) is 0.524. The molecule has 3 heterocycles. The number of carbonyl (C=O) groups excluding carboxylic acids is 4. The molecule has 2 unspecified atom stereocenters. The average molecular weight is 415 g/mol. The molecule has 0 aliphatic carbocycles. The average Bonchev–Trinajstić information content (AvgIpc) is 2.97. The molecule has 2 atom stereocenters. The number of imide groups is 2. The van der Waals surface area contributed by atoms with Crippen LogP contribution in [0.5, 0.6) is 0 Å². The predicted octanol–water partition coefficient (Wildman–Crippen LogP) is 0.454.